The number of halogens is 6. The average molecular weight is 501 g/mol. The Kier molecular flexibility index (Phi) is 7.13. The summed E-state index contributed by atoms with van der Waals surface area (Å²) in [7, 11) is 0. The predicted octanol–water partition coefficient (Wildman–Crippen LogP) is 3.99. The van der Waals surface area contributed by atoms with Crippen molar-refractivity contribution < 1.29 is 40.7 Å². The molecule has 1 saturated heterocycles. The minimum absolute atomic E-state index is 0.145. The number of piperidine rings is 1. The van der Waals surface area contributed by atoms with Gasteiger partial charge in [-0.05, 0) is 55.3 Å². The zero-order chi connectivity index (χ0) is 26.1. The van der Waals surface area contributed by atoms with E-state index < -0.39 is 77.9 Å². The Balaban J connectivity index is 1.82. The molecule has 1 heterocycles. The van der Waals surface area contributed by atoms with E-state index in [1.54, 1.807) is 0 Å². The van der Waals surface area contributed by atoms with Crippen LogP contribution >= 0.6 is 0 Å². The van der Waals surface area contributed by atoms with Crippen molar-refractivity contribution in [3.05, 3.63) is 64.7 Å². The lowest BCUT2D eigenvalue weighted by Crippen LogP contribution is -2.60. The van der Waals surface area contributed by atoms with E-state index in [1.165, 1.54) is 19.1 Å². The van der Waals surface area contributed by atoms with Crippen molar-refractivity contribution in [2.75, 3.05) is 18.4 Å². The first kappa shape index (κ1) is 26.0. The topological polar surface area (TPSA) is 78.5 Å². The highest BCUT2D eigenvalue weighted by Crippen LogP contribution is 2.36. The Morgan fingerprint density at radius 2 is 1.71 bits per heavy atom. The first-order valence-corrected chi connectivity index (χ1v) is 10.4. The summed E-state index contributed by atoms with van der Waals surface area (Å²) in [4.78, 5) is 36.3. The fourth-order valence-corrected chi connectivity index (χ4v) is 3.68. The van der Waals surface area contributed by atoms with Gasteiger partial charge in [0.05, 0.1) is 18.2 Å². The number of rotatable bonds is 5. The molecule has 2 aromatic carbocycles. The zero-order valence-corrected chi connectivity index (χ0v) is 18.6. The van der Waals surface area contributed by atoms with Gasteiger partial charge >= 0.3 is 5.92 Å². The molecule has 0 saturated carbocycles. The maximum atomic E-state index is 15.0. The van der Waals surface area contributed by atoms with Gasteiger partial charge in [-0.15, -0.1) is 0 Å². The van der Waals surface area contributed by atoms with Crippen LogP contribution in [-0.2, 0) is 15.5 Å². The number of benzene rings is 2. The van der Waals surface area contributed by atoms with E-state index in [0.717, 1.165) is 19.1 Å². The molecule has 2 aromatic rings. The van der Waals surface area contributed by atoms with E-state index in [2.05, 4.69) is 5.32 Å². The summed E-state index contributed by atoms with van der Waals surface area (Å²) in [5, 5.41) is 4.36. The zero-order valence-electron chi connectivity index (χ0n) is 18.6. The molecule has 0 aromatic heterocycles. The molecule has 3 rings (SSSR count). The van der Waals surface area contributed by atoms with E-state index in [9.17, 15) is 31.9 Å². The summed E-state index contributed by atoms with van der Waals surface area (Å²) < 4.78 is 86.4. The summed E-state index contributed by atoms with van der Waals surface area (Å²) >= 11 is 0. The van der Waals surface area contributed by atoms with Crippen LogP contribution in [0.25, 0.3) is 0 Å². The fourth-order valence-electron chi connectivity index (χ4n) is 3.68. The number of hydrogen-bond donors (Lipinski definition) is 2. The Labute approximate surface area is 196 Å². The summed E-state index contributed by atoms with van der Waals surface area (Å²) in [6.07, 6.45) is -0.490. The quantitative estimate of drug-likeness (QED) is 0.609. The van der Waals surface area contributed by atoms with Gasteiger partial charge in [-0.1, -0.05) is 0 Å². The van der Waals surface area contributed by atoms with Gasteiger partial charge in [-0.2, -0.15) is 8.78 Å². The van der Waals surface area contributed by atoms with Gasteiger partial charge in [0.25, 0.3) is 17.7 Å². The smallest absolute Gasteiger partial charge is 0.347 e. The van der Waals surface area contributed by atoms with Crippen molar-refractivity contribution in [2.24, 2.45) is 0 Å². The molecule has 2 N–H and O–H groups in total. The lowest BCUT2D eigenvalue weighted by atomic mass is 9.98. The summed E-state index contributed by atoms with van der Waals surface area (Å²) in [6.45, 7) is 0.527. The van der Waals surface area contributed by atoms with Crippen LogP contribution < -0.4 is 10.6 Å². The van der Waals surface area contributed by atoms with Crippen molar-refractivity contribution in [3.8, 4) is 0 Å². The second-order valence-corrected chi connectivity index (χ2v) is 8.22. The second kappa shape index (κ2) is 9.59. The highest BCUT2D eigenvalue weighted by Gasteiger charge is 2.52. The van der Waals surface area contributed by atoms with E-state index >= 15 is 8.78 Å². The van der Waals surface area contributed by atoms with Crippen molar-refractivity contribution in [1.29, 1.82) is 0 Å². The van der Waals surface area contributed by atoms with Gasteiger partial charge in [0.2, 0.25) is 5.91 Å². The van der Waals surface area contributed by atoms with Gasteiger partial charge < -0.3 is 15.5 Å². The largest absolute Gasteiger partial charge is 0.352 e. The molecule has 0 radical (unpaired) electrons. The molecular weight excluding hydrogens is 480 g/mol. The molecule has 6 nitrogen and oxygen atoms in total. The highest BCUT2D eigenvalue weighted by atomic mass is 19.3. The average Bonchev–Trinajstić information content (AvgIpc) is 2.76. The first-order valence-electron chi connectivity index (χ1n) is 10.4. The van der Waals surface area contributed by atoms with Crippen LogP contribution in [-0.4, -0.2) is 47.7 Å². The van der Waals surface area contributed by atoms with Crippen molar-refractivity contribution in [2.45, 2.75) is 38.2 Å². The van der Waals surface area contributed by atoms with Crippen LogP contribution in [0.1, 0.15) is 34.8 Å². The van der Waals surface area contributed by atoms with Crippen molar-refractivity contribution >= 4 is 23.4 Å². The number of aryl methyl sites for hydroxylation is 1. The highest BCUT2D eigenvalue weighted by molar-refractivity contribution is 6.04. The molecule has 0 aliphatic carbocycles. The number of hydrogen-bond acceptors (Lipinski definition) is 3. The minimum Gasteiger partial charge on any atom is -0.347 e. The third-order valence-electron chi connectivity index (χ3n) is 5.52. The van der Waals surface area contributed by atoms with E-state index in [1.807, 2.05) is 5.32 Å². The molecule has 1 atom stereocenters. The lowest BCUT2D eigenvalue weighted by molar-refractivity contribution is -0.171. The molecule has 1 aliphatic heterocycles. The molecule has 188 valence electrons. The summed E-state index contributed by atoms with van der Waals surface area (Å²) in [5.74, 6) is -14.1. The van der Waals surface area contributed by atoms with Crippen LogP contribution in [0.15, 0.2) is 36.4 Å². The number of amides is 3. The maximum absolute atomic E-state index is 15.0. The molecule has 3 amide bonds. The van der Waals surface area contributed by atoms with Crippen molar-refractivity contribution in [1.82, 2.24) is 10.2 Å². The number of carbonyl (C=O) groups is 3. The van der Waals surface area contributed by atoms with Gasteiger partial charge in [-0.25, -0.2) is 17.6 Å². The lowest BCUT2D eigenvalue weighted by Gasteiger charge is -2.39. The minimum atomic E-state index is -4.57. The van der Waals surface area contributed by atoms with Crippen LogP contribution in [0, 0.1) is 18.6 Å². The molecule has 35 heavy (non-hydrogen) atoms. The Morgan fingerprint density at radius 1 is 1.06 bits per heavy atom. The molecule has 0 bridgehead atoms. The van der Waals surface area contributed by atoms with E-state index in [-0.39, 0.29) is 16.2 Å². The monoisotopic (exact) mass is 501 g/mol. The van der Waals surface area contributed by atoms with Crippen LogP contribution in [0.4, 0.5) is 32.0 Å². The van der Waals surface area contributed by atoms with Crippen LogP contribution in [0.2, 0.25) is 0 Å². The third-order valence-corrected chi connectivity index (χ3v) is 5.52. The molecular formula is C23H21F6N3O3. The summed E-state index contributed by atoms with van der Waals surface area (Å²) in [6, 6.07) is 3.88. The SMILES string of the molecule is CC(=O)NC1CCN(C(=O)C(F)(F)c2cc(C(=O)Nc3ccc(F)c(C)c3)ccc2F)CC1(F)F. The number of alkyl halides is 4. The molecule has 1 aliphatic rings. The maximum Gasteiger partial charge on any atom is 0.352 e. The molecule has 0 spiro atoms. The number of nitrogens with one attached hydrogen (secondary N) is 2. The van der Waals surface area contributed by atoms with Gasteiger partial charge in [0.15, 0.2) is 0 Å². The van der Waals surface area contributed by atoms with Crippen LogP contribution in [0.5, 0.6) is 0 Å². The van der Waals surface area contributed by atoms with Crippen LogP contribution in [0.3, 0.4) is 0 Å². The number of nitrogens with zero attached hydrogens (tertiary/aromatic N) is 1. The molecule has 1 fully saturated rings. The van der Waals surface area contributed by atoms with Crippen molar-refractivity contribution in [3.63, 3.8) is 0 Å². The molecule has 12 heteroatoms. The van der Waals surface area contributed by atoms with Gasteiger partial charge in [-0.3, -0.25) is 14.4 Å². The normalized spacial score (nSPS) is 17.6. The number of anilines is 1. The standard InChI is InChI=1S/C23H21F6N3O3/c1-12-9-15(4-6-17(12)24)31-20(34)14-3-5-18(25)16(10-14)23(28,29)21(35)32-8-7-19(30-13(2)33)22(26,27)11-32/h3-6,9-10,19H,7-8,11H2,1-2H3,(H,30,33)(H,31,34). The Hall–Kier alpha value is -3.57. The van der Waals surface area contributed by atoms with E-state index in [4.69, 9.17) is 0 Å². The number of carbonyl (C=O) groups excluding carboxylic acids is 3. The Bertz CT molecular complexity index is 1170. The number of likely N-dealkylation sites (tertiary alicyclic amines) is 1. The second-order valence-electron chi connectivity index (χ2n) is 8.22. The Morgan fingerprint density at radius 3 is 2.31 bits per heavy atom. The molecule has 1 unspecified atom stereocenters. The third kappa shape index (κ3) is 5.57. The predicted molar refractivity (Wildman–Crippen MR) is 113 cm³/mol. The van der Waals surface area contributed by atoms with E-state index in [0.29, 0.717) is 12.1 Å². The fraction of sp³-hybridized carbons (Fsp3) is 0.348. The summed E-state index contributed by atoms with van der Waals surface area (Å²) in [5.41, 5.74) is -1.55. The van der Waals surface area contributed by atoms with Gasteiger partial charge in [0.1, 0.15) is 11.6 Å². The first-order chi connectivity index (χ1) is 16.2. The van der Waals surface area contributed by atoms with Gasteiger partial charge in [0, 0.05) is 24.7 Å².